The first-order valence-electron chi connectivity index (χ1n) is 11.4. The summed E-state index contributed by atoms with van der Waals surface area (Å²) in [5.41, 5.74) is -0.00398. The van der Waals surface area contributed by atoms with Crippen LogP contribution in [0.3, 0.4) is 0 Å². The van der Waals surface area contributed by atoms with E-state index in [-0.39, 0.29) is 84.2 Å². The van der Waals surface area contributed by atoms with Gasteiger partial charge in [0.25, 0.3) is 40.5 Å². The summed E-state index contributed by atoms with van der Waals surface area (Å²) in [6, 6.07) is 10.4. The molecule has 0 aliphatic heterocycles. The fourth-order valence-electron chi connectivity index (χ4n) is 3.52. The first-order chi connectivity index (χ1) is 21.4. The van der Waals surface area contributed by atoms with E-state index in [1.165, 1.54) is 0 Å². The summed E-state index contributed by atoms with van der Waals surface area (Å²) >= 11 is -0.750. The van der Waals surface area contributed by atoms with Gasteiger partial charge < -0.3 is 2.85 Å². The van der Waals surface area contributed by atoms with Crippen molar-refractivity contribution in [3.8, 4) is 22.3 Å². The van der Waals surface area contributed by atoms with Crippen molar-refractivity contribution in [2.75, 3.05) is 0 Å². The fourth-order valence-corrected chi connectivity index (χ4v) is 5.88. The summed E-state index contributed by atoms with van der Waals surface area (Å²) in [6.07, 6.45) is 0. The predicted molar refractivity (Wildman–Crippen MR) is 154 cm³/mol. The van der Waals surface area contributed by atoms with Crippen LogP contribution in [0, 0.1) is 23.3 Å². The molecule has 0 fully saturated rings. The van der Waals surface area contributed by atoms with E-state index in [1.54, 1.807) is 0 Å². The third-order valence-electron chi connectivity index (χ3n) is 5.50. The number of rotatable bonds is 6. The Kier molecular flexibility index (Phi) is 17.8. The van der Waals surface area contributed by atoms with Gasteiger partial charge in [0.05, 0.1) is 0 Å². The molecule has 25 heteroatoms. The minimum atomic E-state index is -4.83. The SMILES string of the molecule is O=S(=O)(O)c1cc(-c2ccc(F)c(S(=O)(=O)O)c2)ccc1F.O=S(=O)(O)c1cc(-c2ccc(F)c(S(=O)(=O)O)c2)ccc1F.O=S=O.[H-].[H-].[Na+].[Na+]. The molecule has 4 aromatic carbocycles. The van der Waals surface area contributed by atoms with E-state index in [0.717, 1.165) is 72.8 Å². The van der Waals surface area contributed by atoms with Crippen LogP contribution in [0.1, 0.15) is 2.85 Å². The van der Waals surface area contributed by atoms with E-state index in [0.29, 0.717) is 0 Å². The van der Waals surface area contributed by atoms with Gasteiger partial charge in [0, 0.05) is 0 Å². The van der Waals surface area contributed by atoms with Gasteiger partial charge in [0.15, 0.2) is 0 Å². The van der Waals surface area contributed by atoms with Gasteiger partial charge in [-0.3, -0.25) is 18.2 Å². The zero-order valence-electron chi connectivity index (χ0n) is 26.4. The third-order valence-corrected chi connectivity index (χ3v) is 8.98. The van der Waals surface area contributed by atoms with E-state index < -0.39 is 94.9 Å². The Morgan fingerprint density at radius 3 is 0.673 bits per heavy atom. The van der Waals surface area contributed by atoms with Crippen molar-refractivity contribution in [3.63, 3.8) is 0 Å². The van der Waals surface area contributed by atoms with Crippen LogP contribution in [-0.4, -0.2) is 60.3 Å². The molecule has 0 saturated carbocycles. The first kappa shape index (κ1) is 47.1. The quantitative estimate of drug-likeness (QED) is 0.0918. The number of hydrogen-bond acceptors (Lipinski definition) is 10. The molecule has 49 heavy (non-hydrogen) atoms. The molecular formula is C24H18F4Na2O14S5. The molecule has 0 unspecified atom stereocenters. The smallest absolute Gasteiger partial charge is 1.00 e. The maximum Gasteiger partial charge on any atom is 1.00 e. The Balaban J connectivity index is -0.000000781. The van der Waals surface area contributed by atoms with Gasteiger partial charge in [-0.15, -0.1) is 0 Å². The van der Waals surface area contributed by atoms with Crippen molar-refractivity contribution >= 4 is 52.0 Å². The van der Waals surface area contributed by atoms with Crippen LogP contribution in [0.5, 0.6) is 0 Å². The molecule has 4 rings (SSSR count). The number of hydrogen-bond donors (Lipinski definition) is 4. The molecule has 0 spiro atoms. The molecular weight excluding hydrogens is 795 g/mol. The Labute approximate surface area is 326 Å². The molecule has 0 aliphatic rings. The van der Waals surface area contributed by atoms with Crippen molar-refractivity contribution in [2.45, 2.75) is 19.6 Å². The van der Waals surface area contributed by atoms with Crippen LogP contribution in [0.25, 0.3) is 22.3 Å². The molecule has 0 heterocycles. The Morgan fingerprint density at radius 1 is 0.408 bits per heavy atom. The first-order valence-corrected chi connectivity index (χ1v) is 17.8. The van der Waals surface area contributed by atoms with Crippen LogP contribution in [0.2, 0.25) is 0 Å². The topological polar surface area (TPSA) is 252 Å². The van der Waals surface area contributed by atoms with Gasteiger partial charge in [-0.1, -0.05) is 24.3 Å². The second kappa shape index (κ2) is 18.5. The molecule has 0 bridgehead atoms. The van der Waals surface area contributed by atoms with Crippen molar-refractivity contribution in [2.24, 2.45) is 0 Å². The Hall–Kier alpha value is -1.94. The second-order valence-corrected chi connectivity index (χ2v) is 14.2. The van der Waals surface area contributed by atoms with Crippen LogP contribution in [0.15, 0.2) is 92.4 Å². The minimum Gasteiger partial charge on any atom is -1.00 e. The normalized spacial score (nSPS) is 11.3. The van der Waals surface area contributed by atoms with Crippen LogP contribution in [0.4, 0.5) is 17.6 Å². The summed E-state index contributed by atoms with van der Waals surface area (Å²) in [7, 11) is -19.3. The van der Waals surface area contributed by atoms with Crippen molar-refractivity contribution in [1.82, 2.24) is 0 Å². The van der Waals surface area contributed by atoms with Gasteiger partial charge in [-0.25, -0.2) is 17.6 Å². The minimum absolute atomic E-state index is 0. The van der Waals surface area contributed by atoms with Crippen LogP contribution >= 0.6 is 0 Å². The zero-order valence-corrected chi connectivity index (χ0v) is 32.4. The molecule has 14 nitrogen and oxygen atoms in total. The van der Waals surface area contributed by atoms with Crippen LogP contribution < -0.4 is 59.1 Å². The van der Waals surface area contributed by atoms with E-state index in [4.69, 9.17) is 26.6 Å². The molecule has 0 aliphatic carbocycles. The van der Waals surface area contributed by atoms with Crippen molar-refractivity contribution in [1.29, 1.82) is 0 Å². The standard InChI is InChI=1S/2C12H8F2O6S2.2Na.O2S.2H/c2*13-9-3-1-7(5-11(9)21(15,16)17)8-2-4-10(14)12(6-8)22(18,19)20;;;1-3-2;;/h2*1-6H,(H,15,16,17)(H,18,19,20);;;;;/q;;2*+1;;2*-1. The largest absolute Gasteiger partial charge is 1.00 e. The predicted octanol–water partition coefficient (Wildman–Crippen LogP) is -2.19. The number of halogens is 4. The summed E-state index contributed by atoms with van der Waals surface area (Å²) in [5, 5.41) is 0. The summed E-state index contributed by atoms with van der Waals surface area (Å²) in [5.74, 6) is -4.82. The third kappa shape index (κ3) is 13.3. The summed E-state index contributed by atoms with van der Waals surface area (Å²) < 4.78 is 194. The maximum absolute atomic E-state index is 13.4. The molecule has 0 atom stereocenters. The van der Waals surface area contributed by atoms with Crippen LogP contribution in [-0.2, 0) is 52.0 Å². The van der Waals surface area contributed by atoms with E-state index in [2.05, 4.69) is 0 Å². The molecule has 4 aromatic rings. The van der Waals surface area contributed by atoms with Gasteiger partial charge >= 0.3 is 70.7 Å². The fraction of sp³-hybridized carbons (Fsp3) is 0. The van der Waals surface area contributed by atoms with Crippen molar-refractivity contribution in [3.05, 3.63) is 96.1 Å². The molecule has 0 aromatic heterocycles. The average molecular weight is 813 g/mol. The molecule has 0 amide bonds. The summed E-state index contributed by atoms with van der Waals surface area (Å²) in [4.78, 5) is -4.05. The van der Waals surface area contributed by atoms with E-state index >= 15 is 0 Å². The van der Waals surface area contributed by atoms with Crippen molar-refractivity contribution < 1.29 is 140 Å². The molecule has 0 saturated heterocycles. The van der Waals surface area contributed by atoms with E-state index in [1.807, 2.05) is 0 Å². The maximum atomic E-state index is 13.4. The van der Waals surface area contributed by atoms with E-state index in [9.17, 15) is 51.2 Å². The van der Waals surface area contributed by atoms with Gasteiger partial charge in [-0.05, 0) is 70.8 Å². The summed E-state index contributed by atoms with van der Waals surface area (Å²) in [6.45, 7) is 0. The second-order valence-electron chi connectivity index (χ2n) is 8.55. The monoisotopic (exact) mass is 812 g/mol. The van der Waals surface area contributed by atoms with Gasteiger partial charge in [-0.2, -0.15) is 42.1 Å². The Bertz CT molecular complexity index is 2030. The molecule has 0 radical (unpaired) electrons. The van der Waals surface area contributed by atoms with Gasteiger partial charge in [0.1, 0.15) is 42.9 Å². The zero-order chi connectivity index (χ0) is 36.1. The molecule has 258 valence electrons. The Morgan fingerprint density at radius 2 is 0.551 bits per heavy atom. The molecule has 4 N–H and O–H groups in total. The number of benzene rings is 4. The average Bonchev–Trinajstić information content (AvgIpc) is 2.92. The van der Waals surface area contributed by atoms with Gasteiger partial charge in [0.2, 0.25) is 0 Å².